The fourth-order valence-corrected chi connectivity index (χ4v) is 1.90. The average Bonchev–Trinajstić information content (AvgIpc) is 2.42. The molecule has 0 aliphatic carbocycles. The first-order valence-electron chi connectivity index (χ1n) is 6.09. The summed E-state index contributed by atoms with van der Waals surface area (Å²) < 4.78 is 39.0. The second-order valence-corrected chi connectivity index (χ2v) is 4.81. The number of halogens is 4. The van der Waals surface area contributed by atoms with E-state index in [9.17, 15) is 22.8 Å². The summed E-state index contributed by atoms with van der Waals surface area (Å²) in [6, 6.07) is 6.96. The van der Waals surface area contributed by atoms with Crippen LogP contribution in [0.15, 0.2) is 47.4 Å². The summed E-state index contributed by atoms with van der Waals surface area (Å²) in [7, 11) is 0. The third-order valence-electron chi connectivity index (χ3n) is 2.78. The van der Waals surface area contributed by atoms with Gasteiger partial charge in [0.2, 0.25) is 5.91 Å². The lowest BCUT2D eigenvalue weighted by Gasteiger charge is -2.12. The van der Waals surface area contributed by atoms with Crippen LogP contribution in [0.25, 0.3) is 0 Å². The number of nitrogens with one attached hydrogen (secondary N) is 1. The Hall–Kier alpha value is -2.28. The lowest BCUT2D eigenvalue weighted by Crippen LogP contribution is -2.26. The first-order chi connectivity index (χ1) is 10.3. The summed E-state index contributed by atoms with van der Waals surface area (Å²) >= 11 is 5.77. The van der Waals surface area contributed by atoms with Gasteiger partial charge in [-0.3, -0.25) is 9.59 Å². The van der Waals surface area contributed by atoms with Crippen molar-refractivity contribution in [2.75, 3.05) is 5.32 Å². The number of carbonyl (C=O) groups is 1. The van der Waals surface area contributed by atoms with Crippen LogP contribution in [0.4, 0.5) is 18.9 Å². The van der Waals surface area contributed by atoms with E-state index < -0.39 is 23.2 Å². The van der Waals surface area contributed by atoms with Crippen molar-refractivity contribution in [1.29, 1.82) is 0 Å². The van der Waals surface area contributed by atoms with Crippen molar-refractivity contribution in [1.82, 2.24) is 4.57 Å². The summed E-state index contributed by atoms with van der Waals surface area (Å²) in [5.41, 5.74) is -1.48. The smallest absolute Gasteiger partial charge is 0.323 e. The maximum absolute atomic E-state index is 12.6. The maximum atomic E-state index is 12.6. The molecule has 0 aliphatic heterocycles. The molecule has 116 valence electrons. The Morgan fingerprint density at radius 1 is 1.23 bits per heavy atom. The van der Waals surface area contributed by atoms with Crippen molar-refractivity contribution >= 4 is 23.2 Å². The molecular weight excluding hydrogens is 321 g/mol. The van der Waals surface area contributed by atoms with Crippen molar-refractivity contribution in [3.8, 4) is 0 Å². The molecule has 2 aromatic rings. The van der Waals surface area contributed by atoms with E-state index in [2.05, 4.69) is 5.32 Å². The van der Waals surface area contributed by atoms with E-state index in [0.29, 0.717) is 0 Å². The quantitative estimate of drug-likeness (QED) is 0.940. The molecule has 1 N–H and O–H groups in total. The minimum atomic E-state index is -4.54. The van der Waals surface area contributed by atoms with Crippen LogP contribution in [0.3, 0.4) is 0 Å². The molecular formula is C14H10ClF3N2O2. The lowest BCUT2D eigenvalue weighted by molar-refractivity contribution is -0.137. The van der Waals surface area contributed by atoms with Gasteiger partial charge in [-0.2, -0.15) is 13.2 Å². The number of benzene rings is 1. The van der Waals surface area contributed by atoms with E-state index in [0.717, 1.165) is 22.8 Å². The van der Waals surface area contributed by atoms with Crippen molar-refractivity contribution in [3.05, 3.63) is 63.5 Å². The molecule has 1 heterocycles. The molecule has 8 heteroatoms. The highest BCUT2D eigenvalue weighted by Crippen LogP contribution is 2.33. The normalized spacial score (nSPS) is 11.3. The van der Waals surface area contributed by atoms with E-state index in [4.69, 9.17) is 11.6 Å². The fourth-order valence-electron chi connectivity index (χ4n) is 1.73. The summed E-state index contributed by atoms with van der Waals surface area (Å²) in [6.07, 6.45) is -3.14. The van der Waals surface area contributed by atoms with Gasteiger partial charge >= 0.3 is 6.18 Å². The fraction of sp³-hybridized carbons (Fsp3) is 0.143. The van der Waals surface area contributed by atoms with Crippen LogP contribution < -0.4 is 10.9 Å². The number of hydrogen-bond acceptors (Lipinski definition) is 2. The number of alkyl halides is 3. The second-order valence-electron chi connectivity index (χ2n) is 4.41. The Morgan fingerprint density at radius 3 is 2.59 bits per heavy atom. The van der Waals surface area contributed by atoms with E-state index in [-0.39, 0.29) is 17.3 Å². The highest BCUT2D eigenvalue weighted by atomic mass is 35.5. The Kier molecular flexibility index (Phi) is 4.56. The molecule has 1 aromatic heterocycles. The molecule has 0 atom stereocenters. The van der Waals surface area contributed by atoms with E-state index in [1.165, 1.54) is 18.3 Å². The first-order valence-corrected chi connectivity index (χ1v) is 6.47. The van der Waals surface area contributed by atoms with Crippen LogP contribution in [0, 0.1) is 0 Å². The Labute approximate surface area is 128 Å². The van der Waals surface area contributed by atoms with Crippen LogP contribution >= 0.6 is 11.6 Å². The number of anilines is 1. The Balaban J connectivity index is 2.18. The highest BCUT2D eigenvalue weighted by Gasteiger charge is 2.31. The Morgan fingerprint density at radius 2 is 1.95 bits per heavy atom. The molecule has 0 radical (unpaired) electrons. The van der Waals surface area contributed by atoms with Gasteiger partial charge in [-0.05, 0) is 24.3 Å². The van der Waals surface area contributed by atoms with Crippen molar-refractivity contribution in [2.45, 2.75) is 12.7 Å². The third-order valence-corrected chi connectivity index (χ3v) is 3.11. The molecule has 2 rings (SSSR count). The summed E-state index contributed by atoms with van der Waals surface area (Å²) in [5, 5.41) is 2.24. The third kappa shape index (κ3) is 3.88. The molecule has 22 heavy (non-hydrogen) atoms. The number of rotatable bonds is 3. The maximum Gasteiger partial charge on any atom is 0.416 e. The van der Waals surface area contributed by atoms with E-state index >= 15 is 0 Å². The molecule has 0 unspecified atom stereocenters. The molecule has 0 saturated carbocycles. The van der Waals surface area contributed by atoms with Crippen LogP contribution in [-0.4, -0.2) is 10.5 Å². The van der Waals surface area contributed by atoms with Gasteiger partial charge < -0.3 is 9.88 Å². The van der Waals surface area contributed by atoms with Crippen LogP contribution in [0.2, 0.25) is 5.02 Å². The Bertz CT molecular complexity index is 756. The number of carbonyl (C=O) groups excluding carboxylic acids is 1. The number of pyridine rings is 1. The van der Waals surface area contributed by atoms with Gasteiger partial charge in [0.1, 0.15) is 6.54 Å². The first kappa shape index (κ1) is 16.1. The van der Waals surface area contributed by atoms with Gasteiger partial charge in [0.05, 0.1) is 16.3 Å². The van der Waals surface area contributed by atoms with Crippen molar-refractivity contribution in [3.63, 3.8) is 0 Å². The molecule has 0 bridgehead atoms. The number of nitrogens with zero attached hydrogens (tertiary/aromatic N) is 1. The zero-order valence-corrected chi connectivity index (χ0v) is 11.8. The summed E-state index contributed by atoms with van der Waals surface area (Å²) in [6.45, 7) is -0.327. The predicted molar refractivity (Wildman–Crippen MR) is 75.8 cm³/mol. The van der Waals surface area contributed by atoms with Crippen molar-refractivity contribution in [2.24, 2.45) is 0 Å². The molecule has 0 spiro atoms. The molecule has 1 aromatic carbocycles. The minimum Gasteiger partial charge on any atom is -0.323 e. The predicted octanol–water partition coefficient (Wildman–Crippen LogP) is 3.16. The van der Waals surface area contributed by atoms with Gasteiger partial charge in [-0.1, -0.05) is 17.7 Å². The highest BCUT2D eigenvalue weighted by molar-refractivity contribution is 6.33. The molecule has 0 aliphatic rings. The van der Waals surface area contributed by atoms with Gasteiger partial charge in [-0.15, -0.1) is 0 Å². The zero-order valence-electron chi connectivity index (χ0n) is 11.0. The largest absolute Gasteiger partial charge is 0.416 e. The van der Waals surface area contributed by atoms with Crippen LogP contribution in [-0.2, 0) is 17.5 Å². The number of amides is 1. The molecule has 0 saturated heterocycles. The van der Waals surface area contributed by atoms with Gasteiger partial charge in [0, 0.05) is 12.3 Å². The van der Waals surface area contributed by atoms with Crippen LogP contribution in [0.5, 0.6) is 0 Å². The number of hydrogen-bond donors (Lipinski definition) is 1. The second kappa shape index (κ2) is 6.23. The number of aromatic nitrogens is 1. The lowest BCUT2D eigenvalue weighted by atomic mass is 10.2. The van der Waals surface area contributed by atoms with E-state index in [1.54, 1.807) is 6.07 Å². The van der Waals surface area contributed by atoms with Crippen molar-refractivity contribution < 1.29 is 18.0 Å². The topological polar surface area (TPSA) is 51.1 Å². The standard InChI is InChI=1S/C14H10ClF3N2O2/c15-10-5-4-9(14(16,17)18)7-11(10)19-12(21)8-20-6-2-1-3-13(20)22/h1-7H,8H2,(H,19,21). The monoisotopic (exact) mass is 330 g/mol. The average molecular weight is 331 g/mol. The van der Waals surface area contributed by atoms with Gasteiger partial charge in [0.15, 0.2) is 0 Å². The van der Waals surface area contributed by atoms with Gasteiger partial charge in [0.25, 0.3) is 5.56 Å². The van der Waals surface area contributed by atoms with Crippen LogP contribution in [0.1, 0.15) is 5.56 Å². The zero-order chi connectivity index (χ0) is 16.3. The SMILES string of the molecule is O=C(Cn1ccccc1=O)Nc1cc(C(F)(F)F)ccc1Cl. The van der Waals surface area contributed by atoms with Gasteiger partial charge in [-0.25, -0.2) is 0 Å². The van der Waals surface area contributed by atoms with E-state index in [1.807, 2.05) is 0 Å². The molecule has 4 nitrogen and oxygen atoms in total. The summed E-state index contributed by atoms with van der Waals surface area (Å²) in [5.74, 6) is -0.658. The minimum absolute atomic E-state index is 0.0261. The molecule has 0 fully saturated rings. The summed E-state index contributed by atoms with van der Waals surface area (Å²) in [4.78, 5) is 23.3. The molecule has 1 amide bonds.